The molecule has 2 rings (SSSR count). The first-order chi connectivity index (χ1) is 9.22. The molecule has 1 saturated heterocycles. The molecule has 0 radical (unpaired) electrons. The lowest BCUT2D eigenvalue weighted by atomic mass is 9.81. The number of likely N-dealkylation sites (tertiary alicyclic amines) is 1. The zero-order valence-corrected chi connectivity index (χ0v) is 15.3. The number of carbonyl (C=O) groups excluding carboxylic acids is 1. The van der Waals surface area contributed by atoms with Crippen LogP contribution in [0.5, 0.6) is 0 Å². The van der Waals surface area contributed by atoms with Crippen LogP contribution >= 0.6 is 28.3 Å². The molecule has 1 atom stereocenters. The lowest BCUT2D eigenvalue weighted by Gasteiger charge is -2.40. The van der Waals surface area contributed by atoms with Gasteiger partial charge in [0, 0.05) is 17.6 Å². The highest BCUT2D eigenvalue weighted by Gasteiger charge is 2.37. The van der Waals surface area contributed by atoms with Crippen molar-refractivity contribution in [3.05, 3.63) is 34.3 Å². The Morgan fingerprint density at radius 2 is 1.71 bits per heavy atom. The van der Waals surface area contributed by atoms with Crippen LogP contribution in [0.3, 0.4) is 0 Å². The van der Waals surface area contributed by atoms with Gasteiger partial charge in [-0.25, -0.2) is 0 Å². The van der Waals surface area contributed by atoms with Gasteiger partial charge in [0.05, 0.1) is 0 Å². The van der Waals surface area contributed by atoms with E-state index in [4.69, 9.17) is 5.73 Å². The summed E-state index contributed by atoms with van der Waals surface area (Å²) in [5, 5.41) is 0. The van der Waals surface area contributed by atoms with Crippen LogP contribution in [0.1, 0.15) is 39.2 Å². The monoisotopic (exact) mass is 374 g/mol. The number of amides is 1. The Labute approximate surface area is 141 Å². The summed E-state index contributed by atoms with van der Waals surface area (Å²) < 4.78 is 0.990. The minimum atomic E-state index is -0.956. The van der Waals surface area contributed by atoms with Gasteiger partial charge in [-0.2, -0.15) is 0 Å². The molecule has 1 heterocycles. The molecular formula is C16H24BrClN2O. The average molecular weight is 376 g/mol. The molecule has 2 N–H and O–H groups in total. The first kappa shape index (κ1) is 18.5. The van der Waals surface area contributed by atoms with Crippen molar-refractivity contribution in [2.75, 3.05) is 13.1 Å². The molecular weight excluding hydrogens is 352 g/mol. The van der Waals surface area contributed by atoms with E-state index in [-0.39, 0.29) is 18.3 Å². The second-order valence-corrected chi connectivity index (χ2v) is 7.58. The van der Waals surface area contributed by atoms with E-state index in [1.807, 2.05) is 29.2 Å². The van der Waals surface area contributed by atoms with Crippen LogP contribution in [0.4, 0.5) is 0 Å². The predicted molar refractivity (Wildman–Crippen MR) is 92.5 cm³/mol. The van der Waals surface area contributed by atoms with E-state index in [1.165, 1.54) is 0 Å². The van der Waals surface area contributed by atoms with Gasteiger partial charge < -0.3 is 10.6 Å². The number of rotatable bonds is 2. The highest BCUT2D eigenvalue weighted by atomic mass is 79.9. The van der Waals surface area contributed by atoms with Gasteiger partial charge in [-0.15, -0.1) is 12.4 Å². The van der Waals surface area contributed by atoms with E-state index >= 15 is 0 Å². The number of halogens is 2. The van der Waals surface area contributed by atoms with Crippen LogP contribution in [-0.2, 0) is 10.3 Å². The number of nitrogens with zero attached hydrogens (tertiary/aromatic N) is 1. The number of carbonyl (C=O) groups is 1. The minimum Gasteiger partial charge on any atom is -0.341 e. The third-order valence-electron chi connectivity index (χ3n) is 4.29. The molecule has 0 spiro atoms. The highest BCUT2D eigenvalue weighted by Crippen LogP contribution is 2.32. The van der Waals surface area contributed by atoms with Gasteiger partial charge in [-0.05, 0) is 42.9 Å². The largest absolute Gasteiger partial charge is 0.341 e. The Morgan fingerprint density at radius 3 is 2.19 bits per heavy atom. The predicted octanol–water partition coefficient (Wildman–Crippen LogP) is 3.69. The normalized spacial score (nSPS) is 20.3. The van der Waals surface area contributed by atoms with Crippen molar-refractivity contribution in [2.24, 2.45) is 11.1 Å². The Balaban J connectivity index is 0.00000220. The Kier molecular flexibility index (Phi) is 5.87. The standard InChI is InChI=1S/C16H23BrN2O.ClH/c1-15(2)8-10-19(11-9-15)14(20)16(3,18)12-4-6-13(17)7-5-12;/h4-7H,8-11,18H2,1-3H3;1H. The molecule has 21 heavy (non-hydrogen) atoms. The summed E-state index contributed by atoms with van der Waals surface area (Å²) in [4.78, 5) is 14.6. The molecule has 1 aromatic rings. The van der Waals surface area contributed by atoms with E-state index in [0.717, 1.165) is 36.0 Å². The number of nitrogens with two attached hydrogens (primary N) is 1. The summed E-state index contributed by atoms with van der Waals surface area (Å²) in [6.45, 7) is 7.92. The van der Waals surface area contributed by atoms with Crippen LogP contribution in [0.15, 0.2) is 28.7 Å². The molecule has 5 heteroatoms. The van der Waals surface area contributed by atoms with Crippen molar-refractivity contribution in [2.45, 2.75) is 39.2 Å². The molecule has 0 bridgehead atoms. The summed E-state index contributed by atoms with van der Waals surface area (Å²) in [7, 11) is 0. The molecule has 1 aliphatic heterocycles. The Hall–Kier alpha value is -0.580. The zero-order chi connectivity index (χ0) is 15.0. The van der Waals surface area contributed by atoms with Crippen LogP contribution in [0.2, 0.25) is 0 Å². The second-order valence-electron chi connectivity index (χ2n) is 6.67. The first-order valence-corrected chi connectivity index (χ1v) is 7.86. The third-order valence-corrected chi connectivity index (χ3v) is 4.82. The van der Waals surface area contributed by atoms with Crippen molar-refractivity contribution in [3.8, 4) is 0 Å². The van der Waals surface area contributed by atoms with E-state index < -0.39 is 5.54 Å². The summed E-state index contributed by atoms with van der Waals surface area (Å²) in [5.41, 5.74) is 6.56. The zero-order valence-electron chi connectivity index (χ0n) is 12.9. The maximum absolute atomic E-state index is 12.7. The van der Waals surface area contributed by atoms with Gasteiger partial charge >= 0.3 is 0 Å². The molecule has 0 saturated carbocycles. The number of benzene rings is 1. The maximum atomic E-state index is 12.7. The van der Waals surface area contributed by atoms with Gasteiger partial charge in [-0.1, -0.05) is 41.9 Å². The lowest BCUT2D eigenvalue weighted by Crippen LogP contribution is -2.53. The van der Waals surface area contributed by atoms with Crippen molar-refractivity contribution < 1.29 is 4.79 Å². The summed E-state index contributed by atoms with van der Waals surface area (Å²) in [5.74, 6) is 0.0234. The smallest absolute Gasteiger partial charge is 0.246 e. The molecule has 1 fully saturated rings. The topological polar surface area (TPSA) is 46.3 Å². The van der Waals surface area contributed by atoms with Crippen LogP contribution < -0.4 is 5.73 Å². The van der Waals surface area contributed by atoms with E-state index in [9.17, 15) is 4.79 Å². The fraction of sp³-hybridized carbons (Fsp3) is 0.562. The summed E-state index contributed by atoms with van der Waals surface area (Å²) in [6, 6.07) is 7.67. The molecule has 0 aromatic heterocycles. The van der Waals surface area contributed by atoms with E-state index in [2.05, 4.69) is 29.8 Å². The molecule has 0 aliphatic carbocycles. The third kappa shape index (κ3) is 4.21. The minimum absolute atomic E-state index is 0. The molecule has 1 aliphatic rings. The molecule has 1 amide bonds. The second kappa shape index (κ2) is 6.67. The van der Waals surface area contributed by atoms with E-state index in [0.29, 0.717) is 5.41 Å². The number of hydrogen-bond acceptors (Lipinski definition) is 2. The molecule has 3 nitrogen and oxygen atoms in total. The Bertz CT molecular complexity index is 490. The van der Waals surface area contributed by atoms with Crippen molar-refractivity contribution >= 4 is 34.2 Å². The van der Waals surface area contributed by atoms with Crippen LogP contribution in [0.25, 0.3) is 0 Å². The summed E-state index contributed by atoms with van der Waals surface area (Å²) >= 11 is 3.40. The van der Waals surface area contributed by atoms with Crippen molar-refractivity contribution in [1.82, 2.24) is 4.90 Å². The van der Waals surface area contributed by atoms with Crippen LogP contribution in [-0.4, -0.2) is 23.9 Å². The van der Waals surface area contributed by atoms with Gasteiger partial charge in [0.1, 0.15) is 5.54 Å². The molecule has 1 aromatic carbocycles. The van der Waals surface area contributed by atoms with Gasteiger partial charge in [0.2, 0.25) is 5.91 Å². The Morgan fingerprint density at radius 1 is 1.24 bits per heavy atom. The van der Waals surface area contributed by atoms with Gasteiger partial charge in [0.25, 0.3) is 0 Å². The van der Waals surface area contributed by atoms with Gasteiger partial charge in [-0.3, -0.25) is 4.79 Å². The quantitative estimate of drug-likeness (QED) is 0.857. The summed E-state index contributed by atoms with van der Waals surface area (Å²) in [6.07, 6.45) is 2.07. The first-order valence-electron chi connectivity index (χ1n) is 7.07. The lowest BCUT2D eigenvalue weighted by molar-refractivity contribution is -0.138. The van der Waals surface area contributed by atoms with Crippen molar-refractivity contribution in [3.63, 3.8) is 0 Å². The number of hydrogen-bond donors (Lipinski definition) is 1. The highest BCUT2D eigenvalue weighted by molar-refractivity contribution is 9.10. The maximum Gasteiger partial charge on any atom is 0.246 e. The number of piperidine rings is 1. The van der Waals surface area contributed by atoms with Crippen molar-refractivity contribution in [1.29, 1.82) is 0 Å². The van der Waals surface area contributed by atoms with E-state index in [1.54, 1.807) is 6.92 Å². The average Bonchev–Trinajstić information content (AvgIpc) is 2.38. The molecule has 118 valence electrons. The fourth-order valence-electron chi connectivity index (χ4n) is 2.56. The SMILES string of the molecule is CC1(C)CCN(C(=O)C(C)(N)c2ccc(Br)cc2)CC1.Cl. The fourth-order valence-corrected chi connectivity index (χ4v) is 2.83. The molecule has 1 unspecified atom stereocenters. The van der Waals surface area contributed by atoms with Gasteiger partial charge in [0.15, 0.2) is 0 Å². The van der Waals surface area contributed by atoms with Crippen LogP contribution in [0, 0.1) is 5.41 Å².